The molecule has 0 aromatic carbocycles. The summed E-state index contributed by atoms with van der Waals surface area (Å²) in [5.41, 5.74) is -0.0831. The van der Waals surface area contributed by atoms with Crippen molar-refractivity contribution in [3.8, 4) is 0 Å². The van der Waals surface area contributed by atoms with Gasteiger partial charge in [-0.15, -0.1) is 0 Å². The zero-order valence-electron chi connectivity index (χ0n) is 9.78. The highest BCUT2D eigenvalue weighted by Gasteiger charge is 2.48. The number of sulfone groups is 1. The van der Waals surface area contributed by atoms with E-state index in [4.69, 9.17) is 0 Å². The first-order chi connectivity index (χ1) is 7.44. The molecule has 4 heteroatoms. The van der Waals surface area contributed by atoms with E-state index in [1.807, 2.05) is 0 Å². The third kappa shape index (κ3) is 2.05. The maximum absolute atomic E-state index is 11.7. The molecule has 92 valence electrons. The molecule has 0 aliphatic heterocycles. The molecule has 2 atom stereocenters. The molecule has 0 radical (unpaired) electrons. The van der Waals surface area contributed by atoms with E-state index < -0.39 is 20.7 Å². The summed E-state index contributed by atoms with van der Waals surface area (Å²) in [6.07, 6.45) is 9.41. The molecule has 16 heavy (non-hydrogen) atoms. The van der Waals surface area contributed by atoms with E-state index in [1.54, 1.807) is 0 Å². The Balaban J connectivity index is 2.32. The van der Waals surface area contributed by atoms with E-state index in [0.717, 1.165) is 37.7 Å². The lowest BCUT2D eigenvalue weighted by Gasteiger charge is -2.33. The molecule has 1 fully saturated rings. The van der Waals surface area contributed by atoms with Crippen molar-refractivity contribution < 1.29 is 13.5 Å². The minimum Gasteiger partial charge on any atom is -0.384 e. The Morgan fingerprint density at radius 2 is 2.12 bits per heavy atom. The Hall–Kier alpha value is -0.350. The molecule has 2 aliphatic carbocycles. The fourth-order valence-corrected chi connectivity index (χ4v) is 4.70. The van der Waals surface area contributed by atoms with E-state index in [2.05, 4.69) is 6.08 Å². The van der Waals surface area contributed by atoms with Crippen LogP contribution in [0.5, 0.6) is 0 Å². The molecule has 2 rings (SSSR count). The molecule has 0 saturated heterocycles. The number of aliphatic hydroxyl groups is 1. The second-order valence-electron chi connectivity index (χ2n) is 5.11. The van der Waals surface area contributed by atoms with Gasteiger partial charge in [0.05, 0.1) is 5.25 Å². The normalized spacial score (nSPS) is 36.1. The smallest absolute Gasteiger partial charge is 0.153 e. The van der Waals surface area contributed by atoms with Crippen LogP contribution in [0.25, 0.3) is 0 Å². The molecule has 0 aromatic heterocycles. The number of allylic oxidation sites excluding steroid dienone is 1. The third-order valence-electron chi connectivity index (χ3n) is 3.92. The van der Waals surface area contributed by atoms with Crippen LogP contribution in [-0.4, -0.2) is 30.6 Å². The Labute approximate surface area is 97.5 Å². The molecular weight excluding hydrogens is 224 g/mol. The molecule has 0 spiro atoms. The molecule has 1 N–H and O–H groups in total. The lowest BCUT2D eigenvalue weighted by molar-refractivity contribution is 0.0836. The van der Waals surface area contributed by atoms with Crippen molar-refractivity contribution in [1.82, 2.24) is 0 Å². The summed E-state index contributed by atoms with van der Waals surface area (Å²) < 4.78 is 23.4. The summed E-state index contributed by atoms with van der Waals surface area (Å²) in [6, 6.07) is 0. The fraction of sp³-hybridized carbons (Fsp3) is 0.833. The first-order valence-electron chi connectivity index (χ1n) is 6.05. The van der Waals surface area contributed by atoms with Gasteiger partial charge in [-0.05, 0) is 50.5 Å². The van der Waals surface area contributed by atoms with Crippen molar-refractivity contribution in [2.45, 2.75) is 55.8 Å². The van der Waals surface area contributed by atoms with E-state index in [1.165, 1.54) is 6.26 Å². The lowest BCUT2D eigenvalue weighted by Crippen LogP contribution is -2.44. The zero-order valence-corrected chi connectivity index (χ0v) is 10.6. The fourth-order valence-electron chi connectivity index (χ4n) is 3.12. The molecule has 1 saturated carbocycles. The van der Waals surface area contributed by atoms with Crippen molar-refractivity contribution in [1.29, 1.82) is 0 Å². The zero-order chi connectivity index (χ0) is 11.8. The highest BCUT2D eigenvalue weighted by atomic mass is 32.2. The van der Waals surface area contributed by atoms with Crippen LogP contribution >= 0.6 is 0 Å². The summed E-state index contributed by atoms with van der Waals surface area (Å²) in [5.74, 6) is 0. The molecule has 0 amide bonds. The van der Waals surface area contributed by atoms with Crippen molar-refractivity contribution >= 4 is 9.84 Å². The highest BCUT2D eigenvalue weighted by molar-refractivity contribution is 7.91. The Kier molecular flexibility index (Phi) is 3.14. The topological polar surface area (TPSA) is 54.4 Å². The quantitative estimate of drug-likeness (QED) is 0.754. The van der Waals surface area contributed by atoms with E-state index in [0.29, 0.717) is 12.8 Å². The minimum atomic E-state index is -3.15. The molecule has 2 aliphatic rings. The lowest BCUT2D eigenvalue weighted by atomic mass is 9.84. The van der Waals surface area contributed by atoms with Crippen LogP contribution in [-0.2, 0) is 9.84 Å². The summed E-state index contributed by atoms with van der Waals surface area (Å²) in [6.45, 7) is 0. The number of rotatable bonds is 2. The van der Waals surface area contributed by atoms with Crippen LogP contribution in [0, 0.1) is 0 Å². The molecule has 0 heterocycles. The van der Waals surface area contributed by atoms with Gasteiger partial charge in [0.1, 0.15) is 5.60 Å². The van der Waals surface area contributed by atoms with Gasteiger partial charge in [-0.1, -0.05) is 6.08 Å². The molecule has 0 bridgehead atoms. The van der Waals surface area contributed by atoms with Gasteiger partial charge >= 0.3 is 0 Å². The van der Waals surface area contributed by atoms with Gasteiger partial charge in [-0.2, -0.15) is 0 Å². The molecule has 2 unspecified atom stereocenters. The summed E-state index contributed by atoms with van der Waals surface area (Å²) in [4.78, 5) is 0. The van der Waals surface area contributed by atoms with Crippen LogP contribution < -0.4 is 0 Å². The summed E-state index contributed by atoms with van der Waals surface area (Å²) in [7, 11) is -3.15. The minimum absolute atomic E-state index is 0.579. The second-order valence-corrected chi connectivity index (χ2v) is 7.34. The Bertz CT molecular complexity index is 396. The van der Waals surface area contributed by atoms with Crippen LogP contribution in [0.2, 0.25) is 0 Å². The largest absolute Gasteiger partial charge is 0.384 e. The second kappa shape index (κ2) is 4.15. The molecule has 3 nitrogen and oxygen atoms in total. The van der Waals surface area contributed by atoms with Crippen molar-refractivity contribution in [3.05, 3.63) is 11.6 Å². The van der Waals surface area contributed by atoms with E-state index in [9.17, 15) is 13.5 Å². The average molecular weight is 244 g/mol. The van der Waals surface area contributed by atoms with Gasteiger partial charge in [0, 0.05) is 6.26 Å². The predicted molar refractivity (Wildman–Crippen MR) is 64.0 cm³/mol. The molecular formula is C12H20O3S. The Morgan fingerprint density at radius 3 is 2.69 bits per heavy atom. The number of hydrogen-bond acceptors (Lipinski definition) is 3. The maximum Gasteiger partial charge on any atom is 0.153 e. The summed E-state index contributed by atoms with van der Waals surface area (Å²) in [5, 5.41) is 10.1. The van der Waals surface area contributed by atoms with Gasteiger partial charge in [0.15, 0.2) is 9.84 Å². The summed E-state index contributed by atoms with van der Waals surface area (Å²) >= 11 is 0. The third-order valence-corrected chi connectivity index (χ3v) is 5.58. The molecule has 0 aromatic rings. The maximum atomic E-state index is 11.7. The van der Waals surface area contributed by atoms with Crippen molar-refractivity contribution in [3.63, 3.8) is 0 Å². The van der Waals surface area contributed by atoms with Gasteiger partial charge in [0.2, 0.25) is 0 Å². The van der Waals surface area contributed by atoms with Crippen LogP contribution in [0.15, 0.2) is 11.6 Å². The first-order valence-corrected chi connectivity index (χ1v) is 8.01. The SMILES string of the molecule is CS(=O)(=O)C1CCCC1(O)C1=CCCCC1. The van der Waals surface area contributed by atoms with Crippen LogP contribution in [0.3, 0.4) is 0 Å². The van der Waals surface area contributed by atoms with Gasteiger partial charge in [-0.3, -0.25) is 0 Å². The van der Waals surface area contributed by atoms with E-state index >= 15 is 0 Å². The Morgan fingerprint density at radius 1 is 1.38 bits per heavy atom. The van der Waals surface area contributed by atoms with Crippen LogP contribution in [0.4, 0.5) is 0 Å². The van der Waals surface area contributed by atoms with Crippen molar-refractivity contribution in [2.24, 2.45) is 0 Å². The van der Waals surface area contributed by atoms with Gasteiger partial charge in [0.25, 0.3) is 0 Å². The first kappa shape index (κ1) is 12.1. The van der Waals surface area contributed by atoms with Crippen molar-refractivity contribution in [2.75, 3.05) is 6.26 Å². The van der Waals surface area contributed by atoms with E-state index in [-0.39, 0.29) is 0 Å². The average Bonchev–Trinajstić information content (AvgIpc) is 2.63. The number of hydrogen-bond donors (Lipinski definition) is 1. The standard InChI is InChI=1S/C12H20O3S/c1-16(14,15)11-8-5-9-12(11,13)10-6-3-2-4-7-10/h6,11,13H,2-5,7-9H2,1H3. The van der Waals surface area contributed by atoms with Gasteiger partial charge < -0.3 is 5.11 Å². The predicted octanol–water partition coefficient (Wildman–Crippen LogP) is 1.82. The van der Waals surface area contributed by atoms with Crippen LogP contribution in [0.1, 0.15) is 44.9 Å². The monoisotopic (exact) mass is 244 g/mol. The van der Waals surface area contributed by atoms with Gasteiger partial charge in [-0.25, -0.2) is 8.42 Å². The highest BCUT2D eigenvalue weighted by Crippen LogP contribution is 2.42.